The molecule has 1 heterocycles. The van der Waals surface area contributed by atoms with E-state index in [1.807, 2.05) is 13.1 Å². The van der Waals surface area contributed by atoms with Crippen LogP contribution in [0.2, 0.25) is 0 Å². The number of carbonyl (C=O) groups is 2. The molecule has 1 aromatic heterocycles. The lowest BCUT2D eigenvalue weighted by Gasteiger charge is -2.10. The number of primary amides is 1. The van der Waals surface area contributed by atoms with Gasteiger partial charge in [0.2, 0.25) is 0 Å². The third kappa shape index (κ3) is 5.08. The number of carbonyl (C=O) groups excluding carboxylic acids is 2. The molecule has 0 aliphatic carbocycles. The lowest BCUT2D eigenvalue weighted by Crippen LogP contribution is -2.26. The third-order valence-corrected chi connectivity index (χ3v) is 4.71. The van der Waals surface area contributed by atoms with Gasteiger partial charge in [0.25, 0.3) is 11.8 Å². The number of aromatic nitrogens is 3. The molecule has 3 aromatic rings. The normalized spacial score (nSPS) is 10.5. The number of nitrogens with one attached hydrogen (secondary N) is 2. The van der Waals surface area contributed by atoms with Crippen LogP contribution >= 0.6 is 12.2 Å². The predicted octanol–water partition coefficient (Wildman–Crippen LogP) is 2.13. The Labute approximate surface area is 172 Å². The van der Waals surface area contributed by atoms with E-state index in [2.05, 4.69) is 15.5 Å². The number of rotatable bonds is 8. The zero-order chi connectivity index (χ0) is 20.8. The van der Waals surface area contributed by atoms with E-state index < -0.39 is 5.91 Å². The monoisotopic (exact) mass is 411 g/mol. The molecule has 4 N–H and O–H groups in total. The summed E-state index contributed by atoms with van der Waals surface area (Å²) in [6.07, 6.45) is 0.558. The summed E-state index contributed by atoms with van der Waals surface area (Å²) in [6.45, 7) is 0.634. The Balaban J connectivity index is 1.59. The van der Waals surface area contributed by atoms with Crippen LogP contribution in [0.4, 0.5) is 0 Å². The lowest BCUT2D eigenvalue weighted by molar-refractivity contribution is 0.0952. The van der Waals surface area contributed by atoms with Crippen LogP contribution in [0.15, 0.2) is 48.5 Å². The van der Waals surface area contributed by atoms with Crippen LogP contribution in [0.1, 0.15) is 32.1 Å². The van der Waals surface area contributed by atoms with Gasteiger partial charge in [-0.25, -0.2) is 0 Å². The number of aromatic amines is 1. The Hall–Kier alpha value is -3.46. The first-order chi connectivity index (χ1) is 14.0. The Morgan fingerprint density at radius 3 is 2.76 bits per heavy atom. The van der Waals surface area contributed by atoms with E-state index in [1.54, 1.807) is 47.0 Å². The number of nitrogens with zero attached hydrogens (tertiary/aromatic N) is 2. The van der Waals surface area contributed by atoms with Crippen LogP contribution in [0.5, 0.6) is 5.75 Å². The van der Waals surface area contributed by atoms with Gasteiger partial charge in [0.15, 0.2) is 4.77 Å². The molecule has 29 heavy (non-hydrogen) atoms. The number of ether oxygens (including phenoxy) is 1. The predicted molar refractivity (Wildman–Crippen MR) is 110 cm³/mol. The minimum Gasteiger partial charge on any atom is -0.488 e. The molecule has 0 atom stereocenters. The first kappa shape index (κ1) is 20.3. The van der Waals surface area contributed by atoms with Gasteiger partial charge < -0.3 is 20.4 Å². The molecule has 2 amide bonds. The molecule has 2 aromatic carbocycles. The van der Waals surface area contributed by atoms with Gasteiger partial charge in [0, 0.05) is 25.6 Å². The molecule has 0 bridgehead atoms. The van der Waals surface area contributed by atoms with Gasteiger partial charge in [-0.2, -0.15) is 5.10 Å². The number of H-pyrrole nitrogens is 1. The van der Waals surface area contributed by atoms with Gasteiger partial charge in [0.1, 0.15) is 18.2 Å². The maximum atomic E-state index is 12.4. The van der Waals surface area contributed by atoms with E-state index in [9.17, 15) is 9.59 Å². The summed E-state index contributed by atoms with van der Waals surface area (Å²) in [7, 11) is 1.82. The second-order valence-corrected chi connectivity index (χ2v) is 6.75. The molecule has 0 aliphatic heterocycles. The fraction of sp³-hybridized carbons (Fsp3) is 0.200. The molecule has 150 valence electrons. The van der Waals surface area contributed by atoms with Crippen molar-refractivity contribution in [3.63, 3.8) is 0 Å². The minimum absolute atomic E-state index is 0.193. The number of para-hydroxylation sites is 1. The van der Waals surface area contributed by atoms with Crippen molar-refractivity contribution in [3.8, 4) is 5.75 Å². The highest BCUT2D eigenvalue weighted by Gasteiger charge is 2.10. The van der Waals surface area contributed by atoms with E-state index >= 15 is 0 Å². The third-order valence-electron chi connectivity index (χ3n) is 4.34. The molecule has 0 saturated heterocycles. The highest BCUT2D eigenvalue weighted by molar-refractivity contribution is 7.71. The molecule has 0 unspecified atom stereocenters. The van der Waals surface area contributed by atoms with Gasteiger partial charge in [-0.1, -0.05) is 24.3 Å². The number of benzene rings is 2. The smallest absolute Gasteiger partial charge is 0.252 e. The van der Waals surface area contributed by atoms with Crippen LogP contribution in [-0.4, -0.2) is 33.1 Å². The van der Waals surface area contributed by atoms with E-state index in [0.717, 1.165) is 11.4 Å². The molecule has 3 rings (SSSR count). The van der Waals surface area contributed by atoms with Gasteiger partial charge in [-0.3, -0.25) is 14.7 Å². The SMILES string of the molecule is Cn1c(CCNC(=O)c2cccc(COc3ccccc3C(N)=O)c2)n[nH]c1=S. The van der Waals surface area contributed by atoms with Crippen molar-refractivity contribution >= 4 is 24.0 Å². The van der Waals surface area contributed by atoms with Crippen LogP contribution in [0, 0.1) is 4.77 Å². The van der Waals surface area contributed by atoms with Crippen molar-refractivity contribution in [1.29, 1.82) is 0 Å². The molecule has 8 nitrogen and oxygen atoms in total. The Bertz CT molecular complexity index is 1090. The Morgan fingerprint density at radius 2 is 2.03 bits per heavy atom. The highest BCUT2D eigenvalue weighted by atomic mass is 32.1. The Morgan fingerprint density at radius 1 is 1.24 bits per heavy atom. The number of hydrogen-bond donors (Lipinski definition) is 3. The molecule has 0 aliphatic rings. The van der Waals surface area contributed by atoms with E-state index in [0.29, 0.717) is 34.6 Å². The summed E-state index contributed by atoms with van der Waals surface area (Å²) in [6, 6.07) is 13.9. The molecular formula is C20H21N5O3S. The number of nitrogens with two attached hydrogens (primary N) is 1. The quantitative estimate of drug-likeness (QED) is 0.491. The molecule has 9 heteroatoms. The van der Waals surface area contributed by atoms with Gasteiger partial charge >= 0.3 is 0 Å². The fourth-order valence-electron chi connectivity index (χ4n) is 2.75. The van der Waals surface area contributed by atoms with Gasteiger partial charge in [-0.05, 0) is 42.0 Å². The molecule has 0 saturated carbocycles. The van der Waals surface area contributed by atoms with Crippen molar-refractivity contribution in [2.45, 2.75) is 13.0 Å². The van der Waals surface area contributed by atoms with Gasteiger partial charge in [0.05, 0.1) is 5.56 Å². The van der Waals surface area contributed by atoms with E-state index in [-0.39, 0.29) is 12.5 Å². The second-order valence-electron chi connectivity index (χ2n) is 6.36. The van der Waals surface area contributed by atoms with Crippen molar-refractivity contribution in [2.24, 2.45) is 12.8 Å². The van der Waals surface area contributed by atoms with Gasteiger partial charge in [-0.15, -0.1) is 0 Å². The lowest BCUT2D eigenvalue weighted by atomic mass is 10.1. The molecule has 0 radical (unpaired) electrons. The topological polar surface area (TPSA) is 115 Å². The number of hydrogen-bond acceptors (Lipinski definition) is 5. The molecule has 0 fully saturated rings. The average Bonchev–Trinajstić information content (AvgIpc) is 3.04. The first-order valence-corrected chi connectivity index (χ1v) is 9.35. The standard InChI is InChI=1S/C20H21N5O3S/c1-25-17(23-24-20(25)29)9-10-22-19(27)14-6-4-5-13(11-14)12-28-16-8-3-2-7-15(16)18(21)26/h2-8,11H,9-10,12H2,1H3,(H2,21,26)(H,22,27)(H,24,29). The molecule has 0 spiro atoms. The zero-order valence-corrected chi connectivity index (χ0v) is 16.7. The summed E-state index contributed by atoms with van der Waals surface area (Å²) in [5.41, 5.74) is 6.99. The van der Waals surface area contributed by atoms with E-state index in [4.69, 9.17) is 22.7 Å². The summed E-state index contributed by atoms with van der Waals surface area (Å²) in [5, 5.41) is 9.70. The van der Waals surface area contributed by atoms with Crippen molar-refractivity contribution < 1.29 is 14.3 Å². The molecular weight excluding hydrogens is 390 g/mol. The number of amides is 2. The van der Waals surface area contributed by atoms with Crippen LogP contribution in [0.25, 0.3) is 0 Å². The summed E-state index contributed by atoms with van der Waals surface area (Å²) in [5.74, 6) is 0.428. The largest absolute Gasteiger partial charge is 0.488 e. The minimum atomic E-state index is -0.554. The maximum absolute atomic E-state index is 12.4. The maximum Gasteiger partial charge on any atom is 0.252 e. The van der Waals surface area contributed by atoms with Crippen molar-refractivity contribution in [1.82, 2.24) is 20.1 Å². The summed E-state index contributed by atoms with van der Waals surface area (Å²) < 4.78 is 8.02. The fourth-order valence-corrected chi connectivity index (χ4v) is 2.90. The Kier molecular flexibility index (Phi) is 6.40. The summed E-state index contributed by atoms with van der Waals surface area (Å²) >= 11 is 5.07. The average molecular weight is 411 g/mol. The van der Waals surface area contributed by atoms with Crippen molar-refractivity contribution in [2.75, 3.05) is 6.54 Å². The summed E-state index contributed by atoms with van der Waals surface area (Å²) in [4.78, 5) is 23.9. The van der Waals surface area contributed by atoms with E-state index in [1.165, 1.54) is 0 Å². The van der Waals surface area contributed by atoms with Crippen molar-refractivity contribution in [3.05, 3.63) is 75.8 Å². The van der Waals surface area contributed by atoms with Crippen LogP contribution in [0.3, 0.4) is 0 Å². The zero-order valence-electron chi connectivity index (χ0n) is 15.8. The van der Waals surface area contributed by atoms with Crippen LogP contribution in [-0.2, 0) is 20.1 Å². The first-order valence-electron chi connectivity index (χ1n) is 8.94. The van der Waals surface area contributed by atoms with Crippen LogP contribution < -0.4 is 15.8 Å². The highest BCUT2D eigenvalue weighted by Crippen LogP contribution is 2.19. The second kappa shape index (κ2) is 9.16.